The van der Waals surface area contributed by atoms with Crippen LogP contribution in [0.1, 0.15) is 48.3 Å². The normalized spacial score (nSPS) is 10.9. The molecule has 0 fully saturated rings. The van der Waals surface area contributed by atoms with Gasteiger partial charge in [-0.25, -0.2) is 4.98 Å². The molecule has 4 aromatic rings. The van der Waals surface area contributed by atoms with E-state index < -0.39 is 0 Å². The van der Waals surface area contributed by atoms with Gasteiger partial charge in [-0.1, -0.05) is 42.8 Å². The van der Waals surface area contributed by atoms with Crippen molar-refractivity contribution < 1.29 is 14.3 Å². The highest BCUT2D eigenvalue weighted by Gasteiger charge is 2.10. The summed E-state index contributed by atoms with van der Waals surface area (Å²) < 4.78 is 13.5. The largest absolute Gasteiger partial charge is 0.497 e. The summed E-state index contributed by atoms with van der Waals surface area (Å²) in [6.45, 7) is 2.28. The van der Waals surface area contributed by atoms with Crippen molar-refractivity contribution in [3.05, 3.63) is 90.3 Å². The highest BCUT2D eigenvalue weighted by molar-refractivity contribution is 5.94. The van der Waals surface area contributed by atoms with Gasteiger partial charge in [-0.3, -0.25) is 4.79 Å². The lowest BCUT2D eigenvalue weighted by atomic mass is 10.1. The summed E-state index contributed by atoms with van der Waals surface area (Å²) in [4.78, 5) is 17.1. The molecule has 0 saturated heterocycles. The van der Waals surface area contributed by atoms with E-state index in [1.54, 1.807) is 7.11 Å². The van der Waals surface area contributed by atoms with Gasteiger partial charge >= 0.3 is 0 Å². The second-order valence-electron chi connectivity index (χ2n) is 8.84. The predicted octanol–water partition coefficient (Wildman–Crippen LogP) is 6.05. The molecule has 0 aliphatic heterocycles. The average Bonchev–Trinajstić information content (AvgIpc) is 3.28. The molecule has 36 heavy (non-hydrogen) atoms. The Balaban J connectivity index is 1.22. The maximum absolute atomic E-state index is 12.2. The standard InChI is InChI=1S/C30H35N3O3/c1-35-25-15-12-16-26(23-25)36-22-11-10-21-33-28-18-8-7-17-27(28)32-29(33)19-6-3-9-20-31-30(34)24-13-4-2-5-14-24/h2,4-5,7-8,12-18,23H,3,6,9-11,19-22H2,1H3,(H,31,34). The number of rotatable bonds is 14. The lowest BCUT2D eigenvalue weighted by Crippen LogP contribution is -2.24. The summed E-state index contributed by atoms with van der Waals surface area (Å²) >= 11 is 0. The van der Waals surface area contributed by atoms with Gasteiger partial charge in [0.25, 0.3) is 5.91 Å². The van der Waals surface area contributed by atoms with E-state index in [4.69, 9.17) is 14.5 Å². The highest BCUT2D eigenvalue weighted by atomic mass is 16.5. The Kier molecular flexibility index (Phi) is 9.37. The Hall–Kier alpha value is -3.80. The van der Waals surface area contributed by atoms with Crippen LogP contribution in [-0.4, -0.2) is 35.7 Å². The van der Waals surface area contributed by atoms with E-state index in [0.717, 1.165) is 67.9 Å². The molecule has 0 saturated carbocycles. The molecule has 0 spiro atoms. The Labute approximate surface area is 213 Å². The van der Waals surface area contributed by atoms with Gasteiger partial charge in [-0.15, -0.1) is 0 Å². The zero-order chi connectivity index (χ0) is 25.0. The molecule has 188 valence electrons. The van der Waals surface area contributed by atoms with Crippen LogP contribution in [0.2, 0.25) is 0 Å². The van der Waals surface area contributed by atoms with Crippen molar-refractivity contribution in [2.24, 2.45) is 0 Å². The summed E-state index contributed by atoms with van der Waals surface area (Å²) in [6, 6.07) is 25.4. The fourth-order valence-electron chi connectivity index (χ4n) is 4.30. The number of nitrogens with zero attached hydrogens (tertiary/aromatic N) is 2. The van der Waals surface area contributed by atoms with E-state index in [2.05, 4.69) is 28.1 Å². The van der Waals surface area contributed by atoms with Gasteiger partial charge in [-0.05, 0) is 62.1 Å². The summed E-state index contributed by atoms with van der Waals surface area (Å²) in [6.07, 6.45) is 5.96. The molecule has 0 radical (unpaired) electrons. The van der Waals surface area contributed by atoms with Crippen molar-refractivity contribution in [3.8, 4) is 11.5 Å². The van der Waals surface area contributed by atoms with Crippen molar-refractivity contribution in [2.45, 2.75) is 45.1 Å². The number of ether oxygens (including phenoxy) is 2. The van der Waals surface area contributed by atoms with Crippen molar-refractivity contribution in [1.29, 1.82) is 0 Å². The molecule has 0 atom stereocenters. The molecular weight excluding hydrogens is 450 g/mol. The predicted molar refractivity (Wildman–Crippen MR) is 144 cm³/mol. The first-order chi connectivity index (χ1) is 17.7. The Bertz CT molecular complexity index is 1240. The van der Waals surface area contributed by atoms with Crippen molar-refractivity contribution in [2.75, 3.05) is 20.3 Å². The first-order valence-corrected chi connectivity index (χ1v) is 12.8. The van der Waals surface area contributed by atoms with Crippen LogP contribution < -0.4 is 14.8 Å². The van der Waals surface area contributed by atoms with Crippen LogP contribution in [0.15, 0.2) is 78.9 Å². The zero-order valence-electron chi connectivity index (χ0n) is 21.0. The van der Waals surface area contributed by atoms with Gasteiger partial charge < -0.3 is 19.4 Å². The molecule has 4 rings (SSSR count). The van der Waals surface area contributed by atoms with Crippen LogP contribution in [0.5, 0.6) is 11.5 Å². The van der Waals surface area contributed by atoms with E-state index in [1.807, 2.05) is 60.7 Å². The minimum absolute atomic E-state index is 0.00669. The molecule has 1 aromatic heterocycles. The van der Waals surface area contributed by atoms with Gasteiger partial charge in [0.1, 0.15) is 17.3 Å². The number of aromatic nitrogens is 2. The van der Waals surface area contributed by atoms with Crippen LogP contribution in [0.25, 0.3) is 11.0 Å². The van der Waals surface area contributed by atoms with E-state index >= 15 is 0 Å². The molecule has 3 aromatic carbocycles. The van der Waals surface area contributed by atoms with Crippen molar-refractivity contribution in [3.63, 3.8) is 0 Å². The topological polar surface area (TPSA) is 65.4 Å². The SMILES string of the molecule is COc1cccc(OCCCCn2c(CCCCCNC(=O)c3ccccc3)nc3ccccc32)c1. The number of unbranched alkanes of at least 4 members (excludes halogenated alkanes) is 3. The van der Waals surface area contributed by atoms with Gasteiger partial charge in [0.2, 0.25) is 0 Å². The summed E-state index contributed by atoms with van der Waals surface area (Å²) in [5.41, 5.74) is 2.95. The number of benzene rings is 3. The fraction of sp³-hybridized carbons (Fsp3) is 0.333. The molecule has 6 nitrogen and oxygen atoms in total. The molecule has 1 N–H and O–H groups in total. The molecule has 6 heteroatoms. The number of para-hydroxylation sites is 2. The van der Waals surface area contributed by atoms with Crippen LogP contribution in [0, 0.1) is 0 Å². The highest BCUT2D eigenvalue weighted by Crippen LogP contribution is 2.20. The lowest BCUT2D eigenvalue weighted by Gasteiger charge is -2.11. The smallest absolute Gasteiger partial charge is 0.251 e. The first kappa shape index (κ1) is 25.3. The van der Waals surface area contributed by atoms with Crippen LogP contribution >= 0.6 is 0 Å². The minimum atomic E-state index is -0.00669. The van der Waals surface area contributed by atoms with Crippen LogP contribution in [0.4, 0.5) is 0 Å². The monoisotopic (exact) mass is 485 g/mol. The summed E-state index contributed by atoms with van der Waals surface area (Å²) in [5.74, 6) is 2.77. The number of amides is 1. The number of nitrogens with one attached hydrogen (secondary N) is 1. The average molecular weight is 486 g/mol. The van der Waals surface area contributed by atoms with E-state index in [0.29, 0.717) is 18.7 Å². The second-order valence-corrected chi connectivity index (χ2v) is 8.84. The molecule has 0 aliphatic rings. The molecule has 1 amide bonds. The van der Waals surface area contributed by atoms with E-state index in [-0.39, 0.29) is 5.91 Å². The second kappa shape index (κ2) is 13.3. The van der Waals surface area contributed by atoms with Crippen molar-refractivity contribution in [1.82, 2.24) is 14.9 Å². The molecule has 0 aliphatic carbocycles. The number of carbonyl (C=O) groups excluding carboxylic acids is 1. The maximum atomic E-state index is 12.2. The molecule has 0 unspecified atom stereocenters. The van der Waals surface area contributed by atoms with Gasteiger partial charge in [0, 0.05) is 31.1 Å². The number of imidazole rings is 1. The lowest BCUT2D eigenvalue weighted by molar-refractivity contribution is 0.0953. The Morgan fingerprint density at radius 1 is 0.861 bits per heavy atom. The van der Waals surface area contributed by atoms with E-state index in [9.17, 15) is 4.79 Å². The number of fused-ring (bicyclic) bond motifs is 1. The molecular formula is C30H35N3O3. The fourth-order valence-corrected chi connectivity index (χ4v) is 4.30. The van der Waals surface area contributed by atoms with Gasteiger partial charge in [0.15, 0.2) is 0 Å². The number of carbonyl (C=O) groups is 1. The third kappa shape index (κ3) is 7.11. The van der Waals surface area contributed by atoms with Crippen LogP contribution in [0.3, 0.4) is 0 Å². The first-order valence-electron chi connectivity index (χ1n) is 12.8. The minimum Gasteiger partial charge on any atom is -0.497 e. The number of hydrogen-bond donors (Lipinski definition) is 1. The maximum Gasteiger partial charge on any atom is 0.251 e. The number of hydrogen-bond acceptors (Lipinski definition) is 4. The third-order valence-corrected chi connectivity index (χ3v) is 6.22. The summed E-state index contributed by atoms with van der Waals surface area (Å²) in [7, 11) is 1.66. The number of methoxy groups -OCH3 is 1. The summed E-state index contributed by atoms with van der Waals surface area (Å²) in [5, 5.41) is 3.01. The van der Waals surface area contributed by atoms with Crippen LogP contribution in [-0.2, 0) is 13.0 Å². The van der Waals surface area contributed by atoms with Crippen molar-refractivity contribution >= 4 is 16.9 Å². The van der Waals surface area contributed by atoms with Gasteiger partial charge in [-0.2, -0.15) is 0 Å². The quantitative estimate of drug-likeness (QED) is 0.221. The Morgan fingerprint density at radius 3 is 2.53 bits per heavy atom. The number of aryl methyl sites for hydroxylation is 2. The molecule has 0 bridgehead atoms. The Morgan fingerprint density at radius 2 is 1.67 bits per heavy atom. The zero-order valence-corrected chi connectivity index (χ0v) is 21.0. The molecule has 1 heterocycles. The van der Waals surface area contributed by atoms with Gasteiger partial charge in [0.05, 0.1) is 24.8 Å². The third-order valence-electron chi connectivity index (χ3n) is 6.22. The van der Waals surface area contributed by atoms with E-state index in [1.165, 1.54) is 5.52 Å².